The van der Waals surface area contributed by atoms with Crippen molar-refractivity contribution in [1.82, 2.24) is 19.6 Å². The van der Waals surface area contributed by atoms with Crippen molar-refractivity contribution in [3.63, 3.8) is 0 Å². The second-order valence-corrected chi connectivity index (χ2v) is 10.4. The van der Waals surface area contributed by atoms with Gasteiger partial charge in [0, 0.05) is 35.8 Å². The van der Waals surface area contributed by atoms with E-state index in [4.69, 9.17) is 11.6 Å². The molecule has 1 aromatic heterocycles. The van der Waals surface area contributed by atoms with E-state index in [2.05, 4.69) is 5.10 Å². The molecule has 1 aliphatic carbocycles. The number of hydrogen-bond donors (Lipinski definition) is 1. The van der Waals surface area contributed by atoms with Crippen LogP contribution in [-0.2, 0) is 35.3 Å². The molecule has 12 heteroatoms. The largest absolute Gasteiger partial charge is 0.481 e. The van der Waals surface area contributed by atoms with E-state index >= 15 is 0 Å². The number of nitrogens with zero attached hydrogens (tertiary/aromatic N) is 4. The Bertz CT molecular complexity index is 1190. The monoisotopic (exact) mass is 528 g/mol. The van der Waals surface area contributed by atoms with Crippen LogP contribution in [0, 0.1) is 23.6 Å². The van der Waals surface area contributed by atoms with Gasteiger partial charge in [-0.3, -0.25) is 19.2 Å². The van der Waals surface area contributed by atoms with Gasteiger partial charge in [-0.25, -0.2) is 4.39 Å². The highest BCUT2D eigenvalue weighted by Gasteiger charge is 2.44. The Morgan fingerprint density at radius 3 is 2.47 bits per heavy atom. The Hall–Kier alpha value is -2.66. The van der Waals surface area contributed by atoms with Crippen molar-refractivity contribution >= 4 is 23.5 Å². The zero-order valence-electron chi connectivity index (χ0n) is 19.3. The van der Waals surface area contributed by atoms with Gasteiger partial charge in [0.2, 0.25) is 5.91 Å². The van der Waals surface area contributed by atoms with Crippen molar-refractivity contribution < 1.29 is 32.3 Å². The summed E-state index contributed by atoms with van der Waals surface area (Å²) in [5.41, 5.74) is -0.570. The highest BCUT2D eigenvalue weighted by atomic mass is 35.5. The van der Waals surface area contributed by atoms with Crippen LogP contribution in [-0.4, -0.2) is 62.7 Å². The van der Waals surface area contributed by atoms with Gasteiger partial charge < -0.3 is 10.0 Å². The van der Waals surface area contributed by atoms with E-state index in [1.165, 1.54) is 17.0 Å². The Balaban J connectivity index is 1.30. The first-order valence-electron chi connectivity index (χ1n) is 11.8. The van der Waals surface area contributed by atoms with Crippen molar-refractivity contribution in [3.8, 4) is 0 Å². The normalized spacial score (nSPS) is 24.1. The number of alkyl halides is 3. The summed E-state index contributed by atoms with van der Waals surface area (Å²) >= 11 is 5.79. The summed E-state index contributed by atoms with van der Waals surface area (Å²) in [5, 5.41) is 13.2. The first-order chi connectivity index (χ1) is 17.0. The van der Waals surface area contributed by atoms with Gasteiger partial charge in [0.15, 0.2) is 5.69 Å². The topological polar surface area (TPSA) is 78.7 Å². The molecule has 5 rings (SSSR count). The van der Waals surface area contributed by atoms with E-state index in [-0.39, 0.29) is 78.1 Å². The fourth-order valence-electron chi connectivity index (χ4n) is 5.88. The van der Waals surface area contributed by atoms with Crippen LogP contribution in [0.3, 0.4) is 0 Å². The van der Waals surface area contributed by atoms with Crippen LogP contribution in [0.1, 0.15) is 35.4 Å². The lowest BCUT2D eigenvalue weighted by molar-refractivity contribution is -0.143. The Morgan fingerprint density at radius 2 is 1.86 bits per heavy atom. The molecule has 0 bridgehead atoms. The predicted molar refractivity (Wildman–Crippen MR) is 121 cm³/mol. The van der Waals surface area contributed by atoms with Crippen LogP contribution in [0.5, 0.6) is 0 Å². The maximum Gasteiger partial charge on any atom is 0.435 e. The summed E-state index contributed by atoms with van der Waals surface area (Å²) < 4.78 is 56.5. The average Bonchev–Trinajstić information content (AvgIpc) is 3.46. The molecule has 2 aliphatic heterocycles. The van der Waals surface area contributed by atoms with E-state index in [1.807, 2.05) is 4.90 Å². The highest BCUT2D eigenvalue weighted by molar-refractivity contribution is 6.30. The van der Waals surface area contributed by atoms with Crippen molar-refractivity contribution in [2.24, 2.45) is 17.8 Å². The van der Waals surface area contributed by atoms with Gasteiger partial charge in [-0.1, -0.05) is 17.7 Å². The molecule has 1 saturated heterocycles. The van der Waals surface area contributed by atoms with Crippen molar-refractivity contribution in [2.75, 3.05) is 26.2 Å². The van der Waals surface area contributed by atoms with Crippen LogP contribution >= 0.6 is 11.6 Å². The number of aromatic nitrogens is 2. The molecule has 2 atom stereocenters. The molecule has 1 N–H and O–H groups in total. The number of carboxylic acid groups (broad SMARTS) is 1. The SMILES string of the molecule is O=C(O)C1CC2CN(CC(=O)N3CCc4c(C(F)(F)F)nn(Cc5ccc(Cl)cc5F)c4C3)CC2C1. The van der Waals surface area contributed by atoms with Gasteiger partial charge in [-0.2, -0.15) is 18.3 Å². The van der Waals surface area contributed by atoms with E-state index in [0.717, 1.165) is 10.7 Å². The minimum Gasteiger partial charge on any atom is -0.481 e. The Morgan fingerprint density at radius 1 is 1.17 bits per heavy atom. The molecule has 36 heavy (non-hydrogen) atoms. The van der Waals surface area contributed by atoms with E-state index in [9.17, 15) is 32.3 Å². The molecule has 2 unspecified atom stereocenters. The van der Waals surface area contributed by atoms with Gasteiger partial charge in [0.05, 0.1) is 31.2 Å². The van der Waals surface area contributed by atoms with Crippen molar-refractivity contribution in [1.29, 1.82) is 0 Å². The number of likely N-dealkylation sites (tertiary alicyclic amines) is 1. The molecule has 194 valence electrons. The lowest BCUT2D eigenvalue weighted by atomic mass is 10.0. The second-order valence-electron chi connectivity index (χ2n) is 9.95. The Labute approximate surface area is 209 Å². The summed E-state index contributed by atoms with van der Waals surface area (Å²) in [6, 6.07) is 3.96. The van der Waals surface area contributed by atoms with Gasteiger partial charge in [0.25, 0.3) is 0 Å². The fourth-order valence-corrected chi connectivity index (χ4v) is 6.04. The summed E-state index contributed by atoms with van der Waals surface area (Å²) in [7, 11) is 0. The molecular weight excluding hydrogens is 504 g/mol. The number of benzene rings is 1. The molecule has 3 aliphatic rings. The lowest BCUT2D eigenvalue weighted by Gasteiger charge is -2.30. The van der Waals surface area contributed by atoms with E-state index in [0.29, 0.717) is 25.9 Å². The van der Waals surface area contributed by atoms with Crippen molar-refractivity contribution in [2.45, 2.75) is 38.5 Å². The number of carbonyl (C=O) groups is 2. The third kappa shape index (κ3) is 4.82. The van der Waals surface area contributed by atoms with E-state index in [1.54, 1.807) is 0 Å². The van der Waals surface area contributed by atoms with Crippen molar-refractivity contribution in [3.05, 3.63) is 51.6 Å². The minimum absolute atomic E-state index is 0.00452. The number of amides is 1. The van der Waals surface area contributed by atoms with Crippen LogP contribution in [0.4, 0.5) is 17.6 Å². The van der Waals surface area contributed by atoms with E-state index < -0.39 is 23.7 Å². The number of carboxylic acids is 1. The number of aliphatic carboxylic acids is 1. The van der Waals surface area contributed by atoms with Crippen LogP contribution in [0.15, 0.2) is 18.2 Å². The van der Waals surface area contributed by atoms with Crippen LogP contribution < -0.4 is 0 Å². The zero-order chi connectivity index (χ0) is 25.8. The molecule has 1 amide bonds. The van der Waals surface area contributed by atoms with Gasteiger partial charge in [-0.15, -0.1) is 0 Å². The highest BCUT2D eigenvalue weighted by Crippen LogP contribution is 2.41. The van der Waals surface area contributed by atoms with Crippen LogP contribution in [0.25, 0.3) is 0 Å². The minimum atomic E-state index is -4.67. The van der Waals surface area contributed by atoms with Gasteiger partial charge in [-0.05, 0) is 43.2 Å². The molecule has 1 aromatic carbocycles. The molecule has 0 radical (unpaired) electrons. The quantitative estimate of drug-likeness (QED) is 0.599. The predicted octanol–water partition coefficient (Wildman–Crippen LogP) is 3.67. The third-order valence-electron chi connectivity index (χ3n) is 7.63. The average molecular weight is 529 g/mol. The molecule has 3 heterocycles. The van der Waals surface area contributed by atoms with Crippen LogP contribution in [0.2, 0.25) is 5.02 Å². The summed E-state index contributed by atoms with van der Waals surface area (Å²) in [6.07, 6.45) is -3.44. The third-order valence-corrected chi connectivity index (χ3v) is 7.87. The number of rotatable bonds is 5. The molecule has 0 spiro atoms. The number of hydrogen-bond acceptors (Lipinski definition) is 4. The molecule has 2 aromatic rings. The number of fused-ring (bicyclic) bond motifs is 2. The lowest BCUT2D eigenvalue weighted by Crippen LogP contribution is -2.43. The zero-order valence-corrected chi connectivity index (χ0v) is 20.0. The van der Waals surface area contributed by atoms with Gasteiger partial charge in [0.1, 0.15) is 5.82 Å². The summed E-state index contributed by atoms with van der Waals surface area (Å²) in [5.74, 6) is -1.45. The number of halogens is 5. The fraction of sp³-hybridized carbons (Fsp3) is 0.542. The second kappa shape index (κ2) is 9.33. The molecular formula is C24H25ClF4N4O3. The smallest absolute Gasteiger partial charge is 0.435 e. The molecule has 7 nitrogen and oxygen atoms in total. The summed E-state index contributed by atoms with van der Waals surface area (Å²) in [4.78, 5) is 27.9. The first kappa shape index (κ1) is 25.0. The number of carbonyl (C=O) groups excluding carboxylic acids is 1. The maximum atomic E-state index is 14.4. The summed E-state index contributed by atoms with van der Waals surface area (Å²) in [6.45, 7) is 1.29. The molecule has 1 saturated carbocycles. The Kier molecular flexibility index (Phi) is 6.48. The standard InChI is InChI=1S/C24H25ClF4N4O3/c25-17-2-1-13(19(26)7-17)10-33-20-11-32(4-3-18(20)22(30-33)24(27,28)29)21(34)12-31-8-15-5-14(23(35)36)6-16(15)9-31/h1-2,7,14-16H,3-6,8-12H2,(H,35,36). The van der Waals surface area contributed by atoms with Gasteiger partial charge >= 0.3 is 12.1 Å². The first-order valence-corrected chi connectivity index (χ1v) is 12.2. The molecule has 2 fully saturated rings. The maximum absolute atomic E-state index is 14.4.